The smallest absolute Gasteiger partial charge is 0.276 e. The van der Waals surface area contributed by atoms with Crippen molar-refractivity contribution >= 4 is 34.0 Å². The Labute approximate surface area is 197 Å². The Hall–Kier alpha value is -4.26. The summed E-state index contributed by atoms with van der Waals surface area (Å²) in [5.74, 6) is -0.474. The monoisotopic (exact) mass is 454 g/mol. The largest absolute Gasteiger partial charge is 0.322 e. The third-order valence-electron chi connectivity index (χ3n) is 5.49. The lowest BCUT2D eigenvalue weighted by Gasteiger charge is -2.15. The van der Waals surface area contributed by atoms with Crippen LogP contribution in [0.1, 0.15) is 40.3 Å². The second kappa shape index (κ2) is 9.70. The molecule has 0 saturated heterocycles. The number of carbonyl (C=O) groups excluding carboxylic acids is 2. The summed E-state index contributed by atoms with van der Waals surface area (Å²) in [5, 5.41) is 11.1. The molecule has 0 fully saturated rings. The number of nitrogens with one attached hydrogen (secondary N) is 2. The van der Waals surface area contributed by atoms with E-state index in [4.69, 9.17) is 0 Å². The molecule has 1 heterocycles. The summed E-state index contributed by atoms with van der Waals surface area (Å²) in [5.41, 5.74) is 2.34. The quantitative estimate of drug-likeness (QED) is 0.435. The van der Waals surface area contributed by atoms with Crippen LogP contribution in [0.3, 0.4) is 0 Å². The summed E-state index contributed by atoms with van der Waals surface area (Å²) in [4.78, 5) is 38.7. The van der Waals surface area contributed by atoms with E-state index in [9.17, 15) is 14.4 Å². The number of anilines is 2. The zero-order valence-corrected chi connectivity index (χ0v) is 19.3. The van der Waals surface area contributed by atoms with Crippen molar-refractivity contribution in [3.8, 4) is 0 Å². The summed E-state index contributed by atoms with van der Waals surface area (Å²) in [6, 6.07) is 21.2. The van der Waals surface area contributed by atoms with Crippen molar-refractivity contribution in [1.82, 2.24) is 9.78 Å². The molecule has 7 heteroatoms. The van der Waals surface area contributed by atoms with Crippen LogP contribution in [0.15, 0.2) is 77.6 Å². The van der Waals surface area contributed by atoms with Crippen LogP contribution in [0.25, 0.3) is 10.8 Å². The van der Waals surface area contributed by atoms with E-state index in [0.717, 1.165) is 0 Å². The average molecular weight is 455 g/mol. The van der Waals surface area contributed by atoms with Gasteiger partial charge in [0.05, 0.1) is 5.39 Å². The van der Waals surface area contributed by atoms with Crippen LogP contribution in [-0.4, -0.2) is 21.6 Å². The number of carbonyl (C=O) groups is 2. The topological polar surface area (TPSA) is 93.1 Å². The van der Waals surface area contributed by atoms with Gasteiger partial charge in [-0.05, 0) is 48.7 Å². The number of nitrogens with zero attached hydrogens (tertiary/aromatic N) is 2. The highest BCUT2D eigenvalue weighted by Crippen LogP contribution is 2.25. The number of benzene rings is 3. The van der Waals surface area contributed by atoms with E-state index in [1.807, 2.05) is 26.8 Å². The molecule has 0 saturated carbocycles. The Morgan fingerprint density at radius 2 is 1.41 bits per heavy atom. The molecule has 0 bridgehead atoms. The molecule has 7 nitrogen and oxygen atoms in total. The SMILES string of the molecule is Cc1c(NC(=O)c2ccccc2)cccc1NC(=O)c1nn(CC(C)C)c(=O)c2ccccc12. The number of rotatable bonds is 6. The van der Waals surface area contributed by atoms with Gasteiger partial charge in [0.2, 0.25) is 0 Å². The highest BCUT2D eigenvalue weighted by Gasteiger charge is 2.19. The summed E-state index contributed by atoms with van der Waals surface area (Å²) >= 11 is 0. The van der Waals surface area contributed by atoms with E-state index >= 15 is 0 Å². The summed E-state index contributed by atoms with van der Waals surface area (Å²) < 4.78 is 1.35. The molecule has 4 rings (SSSR count). The molecule has 1 aromatic heterocycles. The molecule has 3 aromatic carbocycles. The summed E-state index contributed by atoms with van der Waals surface area (Å²) in [7, 11) is 0. The lowest BCUT2D eigenvalue weighted by molar-refractivity contribution is 0.101. The summed E-state index contributed by atoms with van der Waals surface area (Å²) in [6.45, 7) is 6.20. The molecule has 0 aliphatic heterocycles. The minimum Gasteiger partial charge on any atom is -0.322 e. The van der Waals surface area contributed by atoms with Gasteiger partial charge in [0, 0.05) is 28.9 Å². The molecule has 34 heavy (non-hydrogen) atoms. The number of amides is 2. The van der Waals surface area contributed by atoms with Gasteiger partial charge in [-0.3, -0.25) is 14.4 Å². The molecular formula is C27H26N4O3. The van der Waals surface area contributed by atoms with Crippen LogP contribution in [0.5, 0.6) is 0 Å². The van der Waals surface area contributed by atoms with Crippen molar-refractivity contribution in [2.24, 2.45) is 5.92 Å². The molecule has 172 valence electrons. The van der Waals surface area contributed by atoms with Crippen LogP contribution >= 0.6 is 0 Å². The molecule has 2 amide bonds. The minimum absolute atomic E-state index is 0.175. The van der Waals surface area contributed by atoms with E-state index in [0.29, 0.717) is 39.8 Å². The lowest BCUT2D eigenvalue weighted by Crippen LogP contribution is -2.29. The van der Waals surface area contributed by atoms with Crippen molar-refractivity contribution in [2.75, 3.05) is 10.6 Å². The van der Waals surface area contributed by atoms with Crippen LogP contribution < -0.4 is 16.2 Å². The predicted octanol–water partition coefficient (Wildman–Crippen LogP) is 4.87. The molecule has 0 aliphatic carbocycles. The van der Waals surface area contributed by atoms with Gasteiger partial charge in [-0.1, -0.05) is 56.3 Å². The zero-order chi connectivity index (χ0) is 24.2. The maximum absolute atomic E-state index is 13.3. The maximum atomic E-state index is 13.3. The molecular weight excluding hydrogens is 428 g/mol. The second-order valence-electron chi connectivity index (χ2n) is 8.53. The van der Waals surface area contributed by atoms with E-state index in [1.54, 1.807) is 66.7 Å². The number of hydrogen-bond donors (Lipinski definition) is 2. The fourth-order valence-corrected chi connectivity index (χ4v) is 3.74. The van der Waals surface area contributed by atoms with E-state index in [2.05, 4.69) is 15.7 Å². The fourth-order valence-electron chi connectivity index (χ4n) is 3.74. The van der Waals surface area contributed by atoms with E-state index in [1.165, 1.54) is 4.68 Å². The van der Waals surface area contributed by atoms with Gasteiger partial charge in [0.1, 0.15) is 0 Å². The Morgan fingerprint density at radius 3 is 2.06 bits per heavy atom. The first kappa shape index (κ1) is 22.9. The first-order valence-electron chi connectivity index (χ1n) is 11.1. The molecule has 4 aromatic rings. The number of aromatic nitrogens is 2. The first-order valence-corrected chi connectivity index (χ1v) is 11.1. The lowest BCUT2D eigenvalue weighted by atomic mass is 10.1. The number of fused-ring (bicyclic) bond motifs is 1. The van der Waals surface area contributed by atoms with Gasteiger partial charge in [-0.25, -0.2) is 4.68 Å². The van der Waals surface area contributed by atoms with Crippen molar-refractivity contribution in [2.45, 2.75) is 27.3 Å². The van der Waals surface area contributed by atoms with Gasteiger partial charge >= 0.3 is 0 Å². The van der Waals surface area contributed by atoms with Gasteiger partial charge in [0.25, 0.3) is 17.4 Å². The second-order valence-corrected chi connectivity index (χ2v) is 8.53. The molecule has 0 atom stereocenters. The Balaban J connectivity index is 1.66. The zero-order valence-electron chi connectivity index (χ0n) is 19.3. The van der Waals surface area contributed by atoms with E-state index < -0.39 is 5.91 Å². The normalized spacial score (nSPS) is 10.9. The molecule has 2 N–H and O–H groups in total. The van der Waals surface area contributed by atoms with Gasteiger partial charge < -0.3 is 10.6 Å². The van der Waals surface area contributed by atoms with Gasteiger partial charge in [-0.15, -0.1) is 0 Å². The van der Waals surface area contributed by atoms with Crippen LogP contribution in [0.4, 0.5) is 11.4 Å². The minimum atomic E-state index is -0.427. The van der Waals surface area contributed by atoms with Gasteiger partial charge in [0.15, 0.2) is 5.69 Å². The molecule has 0 spiro atoms. The predicted molar refractivity (Wildman–Crippen MR) is 134 cm³/mol. The van der Waals surface area contributed by atoms with Crippen LogP contribution in [0, 0.1) is 12.8 Å². The molecule has 0 radical (unpaired) electrons. The third kappa shape index (κ3) is 4.73. The fraction of sp³-hybridized carbons (Fsp3) is 0.185. The molecule has 0 unspecified atom stereocenters. The standard InChI is InChI=1S/C27H26N4O3/c1-17(2)16-31-27(34)21-13-8-7-12-20(21)24(30-31)26(33)29-23-15-9-14-22(18(23)3)28-25(32)19-10-5-4-6-11-19/h4-15,17H,16H2,1-3H3,(H,28,32)(H,29,33). The summed E-state index contributed by atoms with van der Waals surface area (Å²) in [6.07, 6.45) is 0. The highest BCUT2D eigenvalue weighted by atomic mass is 16.2. The van der Waals surface area contributed by atoms with Crippen molar-refractivity contribution in [3.05, 3.63) is 100.0 Å². The van der Waals surface area contributed by atoms with Gasteiger partial charge in [-0.2, -0.15) is 5.10 Å². The molecule has 0 aliphatic rings. The first-order chi connectivity index (χ1) is 16.3. The van der Waals surface area contributed by atoms with Crippen molar-refractivity contribution in [3.63, 3.8) is 0 Å². The highest BCUT2D eigenvalue weighted by molar-refractivity contribution is 6.12. The third-order valence-corrected chi connectivity index (χ3v) is 5.49. The van der Waals surface area contributed by atoms with E-state index in [-0.39, 0.29) is 23.1 Å². The Bertz CT molecular complexity index is 1430. The maximum Gasteiger partial charge on any atom is 0.276 e. The van der Waals surface area contributed by atoms with Crippen LogP contribution in [-0.2, 0) is 6.54 Å². The van der Waals surface area contributed by atoms with Crippen LogP contribution in [0.2, 0.25) is 0 Å². The average Bonchev–Trinajstić information content (AvgIpc) is 2.83. The Morgan fingerprint density at radius 1 is 0.824 bits per heavy atom. The van der Waals surface area contributed by atoms with Crippen molar-refractivity contribution < 1.29 is 9.59 Å². The number of hydrogen-bond acceptors (Lipinski definition) is 4. The van der Waals surface area contributed by atoms with Crippen molar-refractivity contribution in [1.29, 1.82) is 0 Å². The Kier molecular flexibility index (Phi) is 6.54.